The van der Waals surface area contributed by atoms with Gasteiger partial charge in [0.25, 0.3) is 5.91 Å². The van der Waals surface area contributed by atoms with Gasteiger partial charge in [-0.2, -0.15) is 0 Å². The van der Waals surface area contributed by atoms with E-state index in [2.05, 4.69) is 66.0 Å². The van der Waals surface area contributed by atoms with Crippen LogP contribution >= 0.6 is 24.0 Å². The van der Waals surface area contributed by atoms with Crippen LogP contribution in [0.3, 0.4) is 0 Å². The molecule has 0 aliphatic carbocycles. The minimum absolute atomic E-state index is 0. The first kappa shape index (κ1) is 24.9. The average Bonchev–Trinajstić information content (AvgIpc) is 2.71. The first-order chi connectivity index (χ1) is 13.5. The lowest BCUT2D eigenvalue weighted by atomic mass is 9.85. The van der Waals surface area contributed by atoms with Crippen molar-refractivity contribution in [2.24, 2.45) is 4.99 Å². The molecule has 0 fully saturated rings. The molecule has 0 aliphatic rings. The lowest BCUT2D eigenvalue weighted by molar-refractivity contribution is 0.0955. The highest BCUT2D eigenvalue weighted by Gasteiger charge is 2.20. The molecule has 2 aromatic carbocycles. The van der Waals surface area contributed by atoms with Crippen molar-refractivity contribution in [3.8, 4) is 0 Å². The van der Waals surface area contributed by atoms with Crippen LogP contribution in [0, 0.1) is 0 Å². The average molecular weight is 508 g/mol. The summed E-state index contributed by atoms with van der Waals surface area (Å²) in [7, 11) is 0. The van der Waals surface area contributed by atoms with Crippen molar-refractivity contribution in [1.82, 2.24) is 16.0 Å². The minimum atomic E-state index is -0.0528. The van der Waals surface area contributed by atoms with Gasteiger partial charge in [-0.25, -0.2) is 4.99 Å². The molecule has 0 spiro atoms. The molecule has 6 heteroatoms. The van der Waals surface area contributed by atoms with E-state index in [1.54, 1.807) is 0 Å². The van der Waals surface area contributed by atoms with Crippen molar-refractivity contribution in [3.63, 3.8) is 0 Å². The van der Waals surface area contributed by atoms with E-state index in [0.29, 0.717) is 18.7 Å². The molecule has 0 saturated heterocycles. The number of rotatable bonds is 8. The van der Waals surface area contributed by atoms with Gasteiger partial charge in [-0.3, -0.25) is 4.79 Å². The van der Waals surface area contributed by atoms with Gasteiger partial charge in [0.2, 0.25) is 0 Å². The summed E-state index contributed by atoms with van der Waals surface area (Å²) in [6.45, 7) is 11.1. The van der Waals surface area contributed by atoms with Crippen molar-refractivity contribution >= 4 is 35.8 Å². The zero-order valence-corrected chi connectivity index (χ0v) is 20.1. The largest absolute Gasteiger partial charge is 0.357 e. The van der Waals surface area contributed by atoms with E-state index in [4.69, 9.17) is 0 Å². The lowest BCUT2D eigenvalue weighted by Gasteiger charge is -2.26. The number of benzene rings is 2. The van der Waals surface area contributed by atoms with Gasteiger partial charge in [0, 0.05) is 30.6 Å². The number of guanidine groups is 1. The molecule has 0 bridgehead atoms. The third-order valence-corrected chi connectivity index (χ3v) is 4.54. The molecule has 0 aromatic heterocycles. The van der Waals surface area contributed by atoms with E-state index >= 15 is 0 Å². The Morgan fingerprint density at radius 3 is 2.28 bits per heavy atom. The Morgan fingerprint density at radius 1 is 0.931 bits per heavy atom. The Morgan fingerprint density at radius 2 is 1.62 bits per heavy atom. The first-order valence-corrected chi connectivity index (χ1v) is 9.91. The maximum atomic E-state index is 12.0. The van der Waals surface area contributed by atoms with Crippen LogP contribution in [0.5, 0.6) is 0 Å². The second-order valence-electron chi connectivity index (χ2n) is 7.36. The molecule has 2 aromatic rings. The number of hydrogen-bond acceptors (Lipinski definition) is 2. The van der Waals surface area contributed by atoms with E-state index < -0.39 is 0 Å². The minimum Gasteiger partial charge on any atom is -0.357 e. The number of nitrogens with one attached hydrogen (secondary N) is 3. The van der Waals surface area contributed by atoms with Crippen LogP contribution in [0.15, 0.2) is 59.6 Å². The van der Waals surface area contributed by atoms with Gasteiger partial charge in [-0.05, 0) is 37.1 Å². The molecule has 5 nitrogen and oxygen atoms in total. The Kier molecular flexibility index (Phi) is 10.7. The topological polar surface area (TPSA) is 65.5 Å². The molecule has 0 unspecified atom stereocenters. The second-order valence-corrected chi connectivity index (χ2v) is 7.36. The Labute approximate surface area is 191 Å². The molecule has 0 saturated carbocycles. The SMILES string of the molecule is CCNC(=O)c1cccc(CN=C(NCC)NCC(C)(C)c2ccccc2)c1.I. The molecule has 2 rings (SSSR count). The summed E-state index contributed by atoms with van der Waals surface area (Å²) in [6, 6.07) is 18.1. The number of amides is 1. The fourth-order valence-electron chi connectivity index (χ4n) is 2.88. The Hall–Kier alpha value is -2.09. The van der Waals surface area contributed by atoms with Crippen LogP contribution in [-0.2, 0) is 12.0 Å². The zero-order valence-electron chi connectivity index (χ0n) is 17.8. The third-order valence-electron chi connectivity index (χ3n) is 4.54. The van der Waals surface area contributed by atoms with Gasteiger partial charge in [0.1, 0.15) is 0 Å². The van der Waals surface area contributed by atoms with Gasteiger partial charge in [-0.1, -0.05) is 56.3 Å². The van der Waals surface area contributed by atoms with Crippen LogP contribution in [0.4, 0.5) is 0 Å². The van der Waals surface area contributed by atoms with E-state index in [-0.39, 0.29) is 35.3 Å². The maximum Gasteiger partial charge on any atom is 0.251 e. The molecule has 3 N–H and O–H groups in total. The number of aliphatic imine (C=N–C) groups is 1. The summed E-state index contributed by atoms with van der Waals surface area (Å²) in [6.07, 6.45) is 0. The van der Waals surface area contributed by atoms with Gasteiger partial charge in [0.05, 0.1) is 6.54 Å². The molecular weight excluding hydrogens is 475 g/mol. The van der Waals surface area contributed by atoms with E-state index in [0.717, 1.165) is 24.6 Å². The fraction of sp³-hybridized carbons (Fsp3) is 0.391. The monoisotopic (exact) mass is 508 g/mol. The van der Waals surface area contributed by atoms with Crippen molar-refractivity contribution < 1.29 is 4.79 Å². The van der Waals surface area contributed by atoms with Gasteiger partial charge in [0.15, 0.2) is 5.96 Å². The van der Waals surface area contributed by atoms with Crippen LogP contribution in [0.2, 0.25) is 0 Å². The quantitative estimate of drug-likeness (QED) is 0.286. The van der Waals surface area contributed by atoms with Gasteiger partial charge >= 0.3 is 0 Å². The molecule has 158 valence electrons. The molecule has 0 aliphatic heterocycles. The van der Waals surface area contributed by atoms with Crippen molar-refractivity contribution in [3.05, 3.63) is 71.3 Å². The van der Waals surface area contributed by atoms with Crippen LogP contribution in [0.1, 0.15) is 49.2 Å². The smallest absolute Gasteiger partial charge is 0.251 e. The Balaban J connectivity index is 0.00000420. The highest BCUT2D eigenvalue weighted by molar-refractivity contribution is 14.0. The normalized spacial score (nSPS) is 11.4. The number of hydrogen-bond donors (Lipinski definition) is 3. The van der Waals surface area contributed by atoms with E-state index in [1.807, 2.05) is 37.3 Å². The summed E-state index contributed by atoms with van der Waals surface area (Å²) < 4.78 is 0. The summed E-state index contributed by atoms with van der Waals surface area (Å²) in [4.78, 5) is 16.7. The predicted molar refractivity (Wildman–Crippen MR) is 132 cm³/mol. The molecule has 0 radical (unpaired) electrons. The summed E-state index contributed by atoms with van der Waals surface area (Å²) in [5, 5.41) is 9.57. The molecular formula is C23H33IN4O. The molecule has 0 atom stereocenters. The summed E-state index contributed by atoms with van der Waals surface area (Å²) >= 11 is 0. The molecule has 0 heterocycles. The zero-order chi connectivity index (χ0) is 20.4. The fourth-order valence-corrected chi connectivity index (χ4v) is 2.88. The van der Waals surface area contributed by atoms with E-state index in [9.17, 15) is 4.79 Å². The van der Waals surface area contributed by atoms with Crippen LogP contribution < -0.4 is 16.0 Å². The predicted octanol–water partition coefficient (Wildman–Crippen LogP) is 4.09. The summed E-state index contributed by atoms with van der Waals surface area (Å²) in [5.41, 5.74) is 2.93. The van der Waals surface area contributed by atoms with Gasteiger partial charge < -0.3 is 16.0 Å². The third kappa shape index (κ3) is 8.04. The van der Waals surface area contributed by atoms with Crippen LogP contribution in [-0.4, -0.2) is 31.5 Å². The highest BCUT2D eigenvalue weighted by atomic mass is 127. The highest BCUT2D eigenvalue weighted by Crippen LogP contribution is 2.21. The van der Waals surface area contributed by atoms with E-state index in [1.165, 1.54) is 5.56 Å². The first-order valence-electron chi connectivity index (χ1n) is 9.91. The lowest BCUT2D eigenvalue weighted by Crippen LogP contribution is -2.43. The Bertz CT molecular complexity index is 790. The summed E-state index contributed by atoms with van der Waals surface area (Å²) in [5.74, 6) is 0.720. The second kappa shape index (κ2) is 12.5. The number of carbonyl (C=O) groups excluding carboxylic acids is 1. The standard InChI is InChI=1S/C23H32N4O.HI/c1-5-24-21(28)19-12-10-11-18(15-19)16-26-22(25-6-2)27-17-23(3,4)20-13-8-7-9-14-20;/h7-15H,5-6,16-17H2,1-4H3,(H,24,28)(H2,25,26,27);1H. The maximum absolute atomic E-state index is 12.0. The van der Waals surface area contributed by atoms with Crippen molar-refractivity contribution in [1.29, 1.82) is 0 Å². The van der Waals surface area contributed by atoms with Crippen LogP contribution in [0.25, 0.3) is 0 Å². The van der Waals surface area contributed by atoms with Gasteiger partial charge in [-0.15, -0.1) is 24.0 Å². The number of halogens is 1. The van der Waals surface area contributed by atoms with Crippen molar-refractivity contribution in [2.75, 3.05) is 19.6 Å². The number of carbonyl (C=O) groups is 1. The molecule has 1 amide bonds. The molecule has 29 heavy (non-hydrogen) atoms. The van der Waals surface area contributed by atoms with Crippen molar-refractivity contribution in [2.45, 2.75) is 39.7 Å². The number of nitrogens with zero attached hydrogens (tertiary/aromatic N) is 1.